The van der Waals surface area contributed by atoms with Crippen LogP contribution in [-0.4, -0.2) is 31.1 Å². The number of anilines is 1. The highest BCUT2D eigenvalue weighted by molar-refractivity contribution is 9.10. The lowest BCUT2D eigenvalue weighted by atomic mass is 10.1. The minimum Gasteiger partial charge on any atom is -0.379 e. The average Bonchev–Trinajstić information content (AvgIpc) is 2.26. The SMILES string of the molecule is CN1CCC(Nc2c(F)cccc2Br)CC1. The van der Waals surface area contributed by atoms with Crippen molar-refractivity contribution in [1.29, 1.82) is 0 Å². The van der Waals surface area contributed by atoms with Crippen LogP contribution < -0.4 is 5.32 Å². The van der Waals surface area contributed by atoms with Crippen LogP contribution >= 0.6 is 15.9 Å². The van der Waals surface area contributed by atoms with E-state index in [0.717, 1.165) is 30.4 Å². The summed E-state index contributed by atoms with van der Waals surface area (Å²) in [6, 6.07) is 5.44. The van der Waals surface area contributed by atoms with Gasteiger partial charge in [0.05, 0.1) is 5.69 Å². The standard InChI is InChI=1S/C12H16BrFN2/c1-16-7-5-9(6-8-16)15-12-10(13)3-2-4-11(12)14/h2-4,9,15H,5-8H2,1H3. The number of nitrogens with one attached hydrogen (secondary N) is 1. The number of nitrogens with zero attached hydrogens (tertiary/aromatic N) is 1. The Morgan fingerprint density at radius 1 is 1.38 bits per heavy atom. The van der Waals surface area contributed by atoms with Gasteiger partial charge in [0.15, 0.2) is 0 Å². The summed E-state index contributed by atoms with van der Waals surface area (Å²) >= 11 is 3.37. The van der Waals surface area contributed by atoms with Crippen molar-refractivity contribution in [3.63, 3.8) is 0 Å². The Labute approximate surface area is 104 Å². The summed E-state index contributed by atoms with van der Waals surface area (Å²) in [6.45, 7) is 2.15. The van der Waals surface area contributed by atoms with Crippen LogP contribution in [0.15, 0.2) is 22.7 Å². The van der Waals surface area contributed by atoms with Crippen LogP contribution in [0.25, 0.3) is 0 Å². The Balaban J connectivity index is 2.04. The van der Waals surface area contributed by atoms with E-state index in [-0.39, 0.29) is 5.82 Å². The van der Waals surface area contributed by atoms with Gasteiger partial charge in [0.2, 0.25) is 0 Å². The Kier molecular flexibility index (Phi) is 3.82. The molecule has 1 heterocycles. The third kappa shape index (κ3) is 2.74. The molecule has 1 N–H and O–H groups in total. The lowest BCUT2D eigenvalue weighted by Crippen LogP contribution is -2.36. The highest BCUT2D eigenvalue weighted by Gasteiger charge is 2.18. The van der Waals surface area contributed by atoms with Crippen molar-refractivity contribution in [2.45, 2.75) is 18.9 Å². The van der Waals surface area contributed by atoms with E-state index in [0.29, 0.717) is 11.7 Å². The summed E-state index contributed by atoms with van der Waals surface area (Å²) in [5, 5.41) is 3.29. The molecular weight excluding hydrogens is 271 g/mol. The molecule has 4 heteroatoms. The number of benzene rings is 1. The van der Waals surface area contributed by atoms with Crippen molar-refractivity contribution in [3.8, 4) is 0 Å². The van der Waals surface area contributed by atoms with Crippen molar-refractivity contribution < 1.29 is 4.39 Å². The molecule has 2 nitrogen and oxygen atoms in total. The minimum absolute atomic E-state index is 0.187. The van der Waals surface area contributed by atoms with Gasteiger partial charge in [-0.1, -0.05) is 6.07 Å². The fourth-order valence-corrected chi connectivity index (χ4v) is 2.45. The van der Waals surface area contributed by atoms with Gasteiger partial charge in [0.25, 0.3) is 0 Å². The summed E-state index contributed by atoms with van der Waals surface area (Å²) in [4.78, 5) is 2.30. The highest BCUT2D eigenvalue weighted by atomic mass is 79.9. The second-order valence-corrected chi connectivity index (χ2v) is 5.17. The maximum Gasteiger partial charge on any atom is 0.147 e. The zero-order chi connectivity index (χ0) is 11.5. The Hall–Kier alpha value is -0.610. The molecule has 0 saturated carbocycles. The Morgan fingerprint density at radius 2 is 2.06 bits per heavy atom. The maximum atomic E-state index is 13.6. The monoisotopic (exact) mass is 286 g/mol. The number of piperidine rings is 1. The van der Waals surface area contributed by atoms with Gasteiger partial charge in [-0.05, 0) is 61.0 Å². The van der Waals surface area contributed by atoms with Gasteiger partial charge < -0.3 is 10.2 Å². The van der Waals surface area contributed by atoms with E-state index in [2.05, 4.69) is 33.2 Å². The van der Waals surface area contributed by atoms with E-state index >= 15 is 0 Å². The number of halogens is 2. The van der Waals surface area contributed by atoms with E-state index in [1.165, 1.54) is 6.07 Å². The van der Waals surface area contributed by atoms with Gasteiger partial charge in [0, 0.05) is 10.5 Å². The Morgan fingerprint density at radius 3 is 2.69 bits per heavy atom. The van der Waals surface area contributed by atoms with E-state index in [4.69, 9.17) is 0 Å². The fraction of sp³-hybridized carbons (Fsp3) is 0.500. The van der Waals surface area contributed by atoms with Gasteiger partial charge in [-0.3, -0.25) is 0 Å². The number of likely N-dealkylation sites (tertiary alicyclic amines) is 1. The summed E-state index contributed by atoms with van der Waals surface area (Å²) < 4.78 is 14.4. The smallest absolute Gasteiger partial charge is 0.147 e. The van der Waals surface area contributed by atoms with Gasteiger partial charge in [-0.2, -0.15) is 0 Å². The predicted molar refractivity (Wildman–Crippen MR) is 68.2 cm³/mol. The van der Waals surface area contributed by atoms with Crippen molar-refractivity contribution >= 4 is 21.6 Å². The molecular formula is C12H16BrFN2. The quantitative estimate of drug-likeness (QED) is 0.899. The Bertz CT molecular complexity index is 342. The fourth-order valence-electron chi connectivity index (χ4n) is 1.99. The second-order valence-electron chi connectivity index (χ2n) is 4.32. The van der Waals surface area contributed by atoms with Gasteiger partial charge in [0.1, 0.15) is 5.82 Å². The lowest BCUT2D eigenvalue weighted by molar-refractivity contribution is 0.263. The third-order valence-electron chi connectivity index (χ3n) is 3.03. The molecule has 0 aromatic heterocycles. The van der Waals surface area contributed by atoms with Gasteiger partial charge >= 0.3 is 0 Å². The van der Waals surface area contributed by atoms with Crippen molar-refractivity contribution in [1.82, 2.24) is 4.90 Å². The maximum absolute atomic E-state index is 13.6. The first-order valence-electron chi connectivity index (χ1n) is 5.56. The van der Waals surface area contributed by atoms with Crippen LogP contribution in [0.4, 0.5) is 10.1 Å². The molecule has 0 atom stereocenters. The molecule has 2 rings (SSSR count). The van der Waals surface area contributed by atoms with Crippen molar-refractivity contribution in [2.24, 2.45) is 0 Å². The van der Waals surface area contributed by atoms with E-state index in [9.17, 15) is 4.39 Å². The van der Waals surface area contributed by atoms with Gasteiger partial charge in [-0.25, -0.2) is 4.39 Å². The van der Waals surface area contributed by atoms with Crippen molar-refractivity contribution in [3.05, 3.63) is 28.5 Å². The molecule has 1 aromatic rings. The number of rotatable bonds is 2. The second kappa shape index (κ2) is 5.15. The van der Waals surface area contributed by atoms with Crippen LogP contribution in [0.1, 0.15) is 12.8 Å². The van der Waals surface area contributed by atoms with E-state index < -0.39 is 0 Å². The largest absolute Gasteiger partial charge is 0.379 e. The molecule has 0 spiro atoms. The summed E-state index contributed by atoms with van der Waals surface area (Å²) in [6.07, 6.45) is 2.13. The van der Waals surface area contributed by atoms with Gasteiger partial charge in [-0.15, -0.1) is 0 Å². The minimum atomic E-state index is -0.187. The summed E-state index contributed by atoms with van der Waals surface area (Å²) in [5.74, 6) is -0.187. The molecule has 16 heavy (non-hydrogen) atoms. The molecule has 0 aliphatic carbocycles. The third-order valence-corrected chi connectivity index (χ3v) is 3.69. The number of hydrogen-bond donors (Lipinski definition) is 1. The molecule has 0 bridgehead atoms. The number of para-hydroxylation sites is 1. The van der Waals surface area contributed by atoms with E-state index in [1.54, 1.807) is 6.07 Å². The highest BCUT2D eigenvalue weighted by Crippen LogP contribution is 2.27. The lowest BCUT2D eigenvalue weighted by Gasteiger charge is -2.30. The molecule has 0 radical (unpaired) electrons. The molecule has 1 aliphatic heterocycles. The zero-order valence-corrected chi connectivity index (χ0v) is 10.9. The average molecular weight is 287 g/mol. The van der Waals surface area contributed by atoms with Crippen molar-refractivity contribution in [2.75, 3.05) is 25.5 Å². The first-order valence-corrected chi connectivity index (χ1v) is 6.35. The van der Waals surface area contributed by atoms with Crippen LogP contribution in [-0.2, 0) is 0 Å². The summed E-state index contributed by atoms with van der Waals surface area (Å²) in [5.41, 5.74) is 0.594. The molecule has 88 valence electrons. The molecule has 0 amide bonds. The molecule has 1 aromatic carbocycles. The first-order chi connectivity index (χ1) is 7.66. The zero-order valence-electron chi connectivity index (χ0n) is 9.34. The molecule has 1 aliphatic rings. The predicted octanol–water partition coefficient (Wildman–Crippen LogP) is 3.09. The first kappa shape index (κ1) is 11.9. The molecule has 1 fully saturated rings. The normalized spacial score (nSPS) is 18.7. The molecule has 1 saturated heterocycles. The van der Waals surface area contributed by atoms with Crippen LogP contribution in [0.3, 0.4) is 0 Å². The van der Waals surface area contributed by atoms with Crippen LogP contribution in [0.2, 0.25) is 0 Å². The topological polar surface area (TPSA) is 15.3 Å². The van der Waals surface area contributed by atoms with Crippen LogP contribution in [0.5, 0.6) is 0 Å². The molecule has 0 unspecified atom stereocenters. The summed E-state index contributed by atoms with van der Waals surface area (Å²) in [7, 11) is 2.12. The van der Waals surface area contributed by atoms with Crippen LogP contribution in [0, 0.1) is 5.82 Å². The van der Waals surface area contributed by atoms with E-state index in [1.807, 2.05) is 6.07 Å². The number of hydrogen-bond acceptors (Lipinski definition) is 2.